The predicted molar refractivity (Wildman–Crippen MR) is 41.7 cm³/mol. The van der Waals surface area contributed by atoms with Crippen LogP contribution in [0.3, 0.4) is 0 Å². The van der Waals surface area contributed by atoms with Gasteiger partial charge in [-0.2, -0.15) is 0 Å². The van der Waals surface area contributed by atoms with E-state index in [0.29, 0.717) is 12.4 Å². The molecule has 0 radical (unpaired) electrons. The van der Waals surface area contributed by atoms with Gasteiger partial charge < -0.3 is 15.3 Å². The summed E-state index contributed by atoms with van der Waals surface area (Å²) in [7, 11) is 0. The molecule has 0 amide bonds. The topological polar surface area (TPSA) is 78.4 Å². The summed E-state index contributed by atoms with van der Waals surface area (Å²) in [5.74, 6) is 0.481. The second-order valence-electron chi connectivity index (χ2n) is 2.44. The van der Waals surface area contributed by atoms with Gasteiger partial charge in [0.2, 0.25) is 0 Å². The van der Waals surface area contributed by atoms with Crippen molar-refractivity contribution in [2.75, 3.05) is 26.2 Å². The summed E-state index contributed by atoms with van der Waals surface area (Å²) < 4.78 is 0. The number of nitrogens with one attached hydrogen (secondary N) is 1. The second kappa shape index (κ2) is 3.91. The Bertz CT molecular complexity index is 200. The minimum Gasteiger partial charge on any atom is -0.395 e. The van der Waals surface area contributed by atoms with Crippen molar-refractivity contribution in [3.63, 3.8) is 0 Å². The first-order chi connectivity index (χ1) is 5.74. The SMILES string of the molecule is O=[N+]([O-])/C=C(\NCCO)N1CC1. The molecule has 12 heavy (non-hydrogen) atoms. The highest BCUT2D eigenvalue weighted by molar-refractivity contribution is 5.01. The van der Waals surface area contributed by atoms with Crippen molar-refractivity contribution < 1.29 is 10.0 Å². The van der Waals surface area contributed by atoms with Gasteiger partial charge in [-0.3, -0.25) is 10.1 Å². The third-order valence-electron chi connectivity index (χ3n) is 1.43. The molecule has 0 unspecified atom stereocenters. The van der Waals surface area contributed by atoms with E-state index in [4.69, 9.17) is 5.11 Å². The van der Waals surface area contributed by atoms with Crippen LogP contribution in [-0.2, 0) is 0 Å². The van der Waals surface area contributed by atoms with Gasteiger partial charge >= 0.3 is 0 Å². The van der Waals surface area contributed by atoms with Crippen molar-refractivity contribution in [1.29, 1.82) is 0 Å². The molecule has 0 atom stereocenters. The van der Waals surface area contributed by atoms with Gasteiger partial charge in [-0.1, -0.05) is 0 Å². The average Bonchev–Trinajstić information content (AvgIpc) is 2.79. The molecule has 1 aliphatic rings. The van der Waals surface area contributed by atoms with Crippen LogP contribution in [0.5, 0.6) is 0 Å². The van der Waals surface area contributed by atoms with Crippen molar-refractivity contribution in [3.05, 3.63) is 22.1 Å². The first kappa shape index (κ1) is 8.79. The van der Waals surface area contributed by atoms with Gasteiger partial charge in [-0.05, 0) is 0 Å². The summed E-state index contributed by atoms with van der Waals surface area (Å²) in [5, 5.41) is 21.3. The zero-order valence-electron chi connectivity index (χ0n) is 6.56. The van der Waals surface area contributed by atoms with E-state index in [1.54, 1.807) is 0 Å². The fraction of sp³-hybridized carbons (Fsp3) is 0.667. The molecular formula is C6H11N3O3. The summed E-state index contributed by atoms with van der Waals surface area (Å²) in [6.07, 6.45) is 0.919. The van der Waals surface area contributed by atoms with E-state index in [9.17, 15) is 10.1 Å². The number of nitro groups is 1. The van der Waals surface area contributed by atoms with Crippen LogP contribution in [0.1, 0.15) is 0 Å². The molecule has 0 spiro atoms. The zero-order chi connectivity index (χ0) is 8.97. The number of rotatable bonds is 5. The van der Waals surface area contributed by atoms with Gasteiger partial charge in [0.1, 0.15) is 0 Å². The molecule has 68 valence electrons. The van der Waals surface area contributed by atoms with Crippen LogP contribution in [0.15, 0.2) is 12.0 Å². The molecule has 0 saturated carbocycles. The number of hydrogen-bond donors (Lipinski definition) is 2. The summed E-state index contributed by atoms with van der Waals surface area (Å²) in [4.78, 5) is 11.4. The van der Waals surface area contributed by atoms with Crippen molar-refractivity contribution in [2.24, 2.45) is 0 Å². The Hall–Kier alpha value is -1.30. The molecule has 1 heterocycles. The Balaban J connectivity index is 2.42. The summed E-state index contributed by atoms with van der Waals surface area (Å²) in [6.45, 7) is 2.01. The quantitative estimate of drug-likeness (QED) is 0.315. The normalized spacial score (nSPS) is 16.1. The van der Waals surface area contributed by atoms with Gasteiger partial charge in [-0.15, -0.1) is 0 Å². The third kappa shape index (κ3) is 2.75. The molecule has 6 nitrogen and oxygen atoms in total. The molecule has 1 saturated heterocycles. The van der Waals surface area contributed by atoms with Crippen LogP contribution in [0.25, 0.3) is 0 Å². The van der Waals surface area contributed by atoms with Crippen LogP contribution in [0.4, 0.5) is 0 Å². The van der Waals surface area contributed by atoms with E-state index in [1.807, 2.05) is 4.90 Å². The minimum atomic E-state index is -0.502. The Labute approximate surface area is 69.6 Å². The van der Waals surface area contributed by atoms with Crippen LogP contribution in [0.2, 0.25) is 0 Å². The molecule has 0 bridgehead atoms. The predicted octanol–water partition coefficient (Wildman–Crippen LogP) is -1.04. The summed E-state index contributed by atoms with van der Waals surface area (Å²) in [5.41, 5.74) is 0. The Morgan fingerprint density at radius 2 is 2.42 bits per heavy atom. The number of nitrogens with zero attached hydrogens (tertiary/aromatic N) is 2. The molecule has 0 aliphatic carbocycles. The lowest BCUT2D eigenvalue weighted by molar-refractivity contribution is -0.404. The average molecular weight is 173 g/mol. The van der Waals surface area contributed by atoms with Crippen LogP contribution in [0, 0.1) is 10.1 Å². The minimum absolute atomic E-state index is 0.0249. The monoisotopic (exact) mass is 173 g/mol. The van der Waals surface area contributed by atoms with E-state index in [1.165, 1.54) is 0 Å². The van der Waals surface area contributed by atoms with Crippen molar-refractivity contribution in [3.8, 4) is 0 Å². The zero-order valence-corrected chi connectivity index (χ0v) is 6.56. The maximum absolute atomic E-state index is 10.1. The molecular weight excluding hydrogens is 162 g/mol. The molecule has 0 aromatic rings. The highest BCUT2D eigenvalue weighted by Gasteiger charge is 2.22. The smallest absolute Gasteiger partial charge is 0.274 e. The van der Waals surface area contributed by atoms with E-state index in [-0.39, 0.29) is 6.61 Å². The first-order valence-electron chi connectivity index (χ1n) is 3.69. The van der Waals surface area contributed by atoms with Gasteiger partial charge in [0, 0.05) is 19.6 Å². The van der Waals surface area contributed by atoms with Crippen molar-refractivity contribution in [1.82, 2.24) is 10.2 Å². The van der Waals surface area contributed by atoms with E-state index in [0.717, 1.165) is 19.3 Å². The number of aliphatic hydroxyl groups excluding tert-OH is 1. The van der Waals surface area contributed by atoms with Crippen molar-refractivity contribution >= 4 is 0 Å². The standard InChI is InChI=1S/C6H11N3O3/c10-4-1-7-6(5-9(11)12)8-2-3-8/h5,7,10H,1-4H2/b6-5+. The second-order valence-corrected chi connectivity index (χ2v) is 2.44. The van der Waals surface area contributed by atoms with E-state index < -0.39 is 4.92 Å². The van der Waals surface area contributed by atoms with Gasteiger partial charge in [0.05, 0.1) is 11.5 Å². The third-order valence-corrected chi connectivity index (χ3v) is 1.43. The van der Waals surface area contributed by atoms with Crippen LogP contribution >= 0.6 is 0 Å². The van der Waals surface area contributed by atoms with E-state index >= 15 is 0 Å². The lowest BCUT2D eigenvalue weighted by Gasteiger charge is -2.06. The maximum Gasteiger partial charge on any atom is 0.274 e. The van der Waals surface area contributed by atoms with Gasteiger partial charge in [0.15, 0.2) is 5.82 Å². The maximum atomic E-state index is 10.1. The van der Waals surface area contributed by atoms with Gasteiger partial charge in [-0.25, -0.2) is 0 Å². The molecule has 1 aliphatic heterocycles. The molecule has 2 N–H and O–H groups in total. The largest absolute Gasteiger partial charge is 0.395 e. The Morgan fingerprint density at radius 3 is 2.83 bits per heavy atom. The molecule has 0 aromatic carbocycles. The Kier molecular flexibility index (Phi) is 2.87. The van der Waals surface area contributed by atoms with E-state index in [2.05, 4.69) is 5.32 Å². The number of hydrogen-bond acceptors (Lipinski definition) is 5. The fourth-order valence-corrected chi connectivity index (χ4v) is 0.814. The molecule has 1 fully saturated rings. The van der Waals surface area contributed by atoms with Crippen LogP contribution in [-0.4, -0.2) is 41.2 Å². The highest BCUT2D eigenvalue weighted by atomic mass is 16.6. The molecule has 1 rings (SSSR count). The lowest BCUT2D eigenvalue weighted by Crippen LogP contribution is -2.23. The summed E-state index contributed by atoms with van der Waals surface area (Å²) in [6, 6.07) is 0. The molecule has 6 heteroatoms. The number of aliphatic hydroxyl groups is 1. The highest BCUT2D eigenvalue weighted by Crippen LogP contribution is 2.10. The van der Waals surface area contributed by atoms with Crippen LogP contribution < -0.4 is 5.32 Å². The lowest BCUT2D eigenvalue weighted by atomic mass is 10.6. The first-order valence-corrected chi connectivity index (χ1v) is 3.69. The fourth-order valence-electron chi connectivity index (χ4n) is 0.814. The van der Waals surface area contributed by atoms with Crippen molar-refractivity contribution in [2.45, 2.75) is 0 Å². The Morgan fingerprint density at radius 1 is 1.75 bits per heavy atom. The summed E-state index contributed by atoms with van der Waals surface area (Å²) >= 11 is 0. The molecule has 0 aromatic heterocycles. The van der Waals surface area contributed by atoms with Gasteiger partial charge in [0.25, 0.3) is 6.20 Å².